The second-order valence-corrected chi connectivity index (χ2v) is 34.4. The molecular weight excluding hydrogens is 1670 g/mol. The molecule has 4 saturated heterocycles. The van der Waals surface area contributed by atoms with Gasteiger partial charge in [0, 0.05) is 163 Å². The van der Waals surface area contributed by atoms with Gasteiger partial charge in [-0.2, -0.15) is 39.5 Å². The van der Waals surface area contributed by atoms with Crippen LogP contribution in [-0.4, -0.2) is 230 Å². The molecular formula is C95H102F9N21O4. The number of hydrogen-bond donors (Lipinski definition) is 0. The lowest BCUT2D eigenvalue weighted by Crippen LogP contribution is -2.53. The molecule has 0 N–H and O–H groups in total. The number of piperazine rings is 2. The summed E-state index contributed by atoms with van der Waals surface area (Å²) in [5, 5.41) is 26.2. The van der Waals surface area contributed by atoms with E-state index in [0.29, 0.717) is 79.6 Å². The Labute approximate surface area is 741 Å². The van der Waals surface area contributed by atoms with Crippen molar-refractivity contribution in [1.82, 2.24) is 94.5 Å². The van der Waals surface area contributed by atoms with Gasteiger partial charge in [0.25, 0.3) is 0 Å². The second-order valence-electron chi connectivity index (χ2n) is 34.4. The quantitative estimate of drug-likeness (QED) is 0.0403. The van der Waals surface area contributed by atoms with Crippen molar-refractivity contribution in [3.05, 3.63) is 256 Å². The number of piperidine rings is 2. The highest BCUT2D eigenvalue weighted by atomic mass is 19.4. The fraction of sp³-hybridized carbons (Fsp3) is 0.400. The molecule has 34 heteroatoms. The maximum absolute atomic E-state index is 13.1. The Hall–Kier alpha value is -12.2. The third kappa shape index (κ3) is 23.3. The van der Waals surface area contributed by atoms with Crippen molar-refractivity contribution in [2.45, 2.75) is 130 Å². The molecule has 1 saturated carbocycles. The highest BCUT2D eigenvalue weighted by molar-refractivity contribution is 5.97. The number of halogens is 9. The minimum atomic E-state index is -4.56. The average Bonchev–Trinajstić information content (AvgIpc) is 1.66. The fourth-order valence-electron chi connectivity index (χ4n) is 17.1. The fourth-order valence-corrected chi connectivity index (χ4v) is 17.1. The van der Waals surface area contributed by atoms with Crippen molar-refractivity contribution < 1.29 is 58.6 Å². The summed E-state index contributed by atoms with van der Waals surface area (Å²) in [4.78, 5) is 77.7. The third-order valence-corrected chi connectivity index (χ3v) is 24.9. The molecule has 12 aromatic rings. The first-order valence-electron chi connectivity index (χ1n) is 43.4. The SMILES string of the molecule is Cc1ncc(CC(=O)c2cc(C(F)(F)F)ccn2)cc1-n1cc(-c2cccc(CC3CC(N4CCN(C)CC4)C3)c2)nn1.Cc1ncc(CC(=O)c2cc(C(F)(F)F)ccn2)cc1-n1cc(-c2cccc(N3CCC4(CCN(C)CC4)CC3)c2)nn1.Cc1ncc(CC(=O)c2cc(C(F)(F)F)ccn2)cc1-n1cc(-c2cccc(N3CCN(CCOC(C)C)CC3)c2)nn1. The van der Waals surface area contributed by atoms with Gasteiger partial charge in [-0.05, 0) is 225 Å². The number of likely N-dealkylation sites (tertiary alicyclic amines) is 1. The molecule has 13 heterocycles. The first-order valence-corrected chi connectivity index (χ1v) is 43.4. The number of benzene rings is 3. The smallest absolute Gasteiger partial charge is 0.377 e. The van der Waals surface area contributed by atoms with E-state index in [0.717, 1.165) is 155 Å². The first kappa shape index (κ1) is 91.5. The molecule has 0 radical (unpaired) electrons. The number of ketones is 3. The van der Waals surface area contributed by atoms with E-state index >= 15 is 0 Å². The third-order valence-electron chi connectivity index (χ3n) is 24.9. The van der Waals surface area contributed by atoms with E-state index < -0.39 is 52.6 Å². The maximum Gasteiger partial charge on any atom is 0.416 e. The van der Waals surface area contributed by atoms with E-state index in [-0.39, 0.29) is 42.4 Å². The van der Waals surface area contributed by atoms with Crippen LogP contribution in [0.3, 0.4) is 0 Å². The molecule has 5 fully saturated rings. The molecule has 129 heavy (non-hydrogen) atoms. The second kappa shape index (κ2) is 39.8. The Morgan fingerprint density at radius 3 is 1.22 bits per heavy atom. The van der Waals surface area contributed by atoms with E-state index in [1.807, 2.05) is 77.3 Å². The number of pyridine rings is 6. The number of aryl methyl sites for hydroxylation is 3. The first-order chi connectivity index (χ1) is 61.8. The highest BCUT2D eigenvalue weighted by Crippen LogP contribution is 2.43. The summed E-state index contributed by atoms with van der Waals surface area (Å²) in [6.45, 7) is 24.1. The monoisotopic (exact) mass is 1770 g/mol. The van der Waals surface area contributed by atoms with Crippen LogP contribution in [0.4, 0.5) is 50.9 Å². The number of Topliss-reactive ketones (excluding diaryl/α,β-unsaturated/α-hetero) is 3. The van der Waals surface area contributed by atoms with Crippen molar-refractivity contribution in [2.75, 3.05) is 116 Å². The molecule has 5 aliphatic rings. The van der Waals surface area contributed by atoms with Crippen molar-refractivity contribution in [2.24, 2.45) is 11.3 Å². The van der Waals surface area contributed by atoms with Crippen LogP contribution in [0.15, 0.2) is 183 Å². The maximum atomic E-state index is 13.1. The van der Waals surface area contributed by atoms with Crippen LogP contribution in [0.1, 0.15) is 140 Å². The van der Waals surface area contributed by atoms with Gasteiger partial charge in [-0.25, -0.2) is 14.0 Å². The van der Waals surface area contributed by atoms with Crippen LogP contribution < -0.4 is 9.80 Å². The number of carbonyl (C=O) groups excluding carboxylic acids is 3. The Morgan fingerprint density at radius 2 is 0.814 bits per heavy atom. The summed E-state index contributed by atoms with van der Waals surface area (Å²) in [5.41, 5.74) is 11.1. The summed E-state index contributed by atoms with van der Waals surface area (Å²) < 4.78 is 128. The zero-order valence-electron chi connectivity index (χ0n) is 72.9. The zero-order valence-corrected chi connectivity index (χ0v) is 72.9. The van der Waals surface area contributed by atoms with Gasteiger partial charge < -0.3 is 24.3 Å². The van der Waals surface area contributed by atoms with Crippen LogP contribution >= 0.6 is 0 Å². The molecule has 17 rings (SSSR count). The molecule has 0 atom stereocenters. The molecule has 1 spiro atoms. The standard InChI is InChI=1S/2C32H34F3N7O.C31H34F3N7O2/c1-22-29(16-23(20-37-22)17-30(43)27-19-25(6-11-36-27)32(33,34)35)42-21-28(38-39-42)24-4-3-5-26(18-24)41-14-9-31(10-15-41)7-12-40(2)13-8-31;1-21-30(16-24(19-37-21)17-31(43)28-18-26(6-7-36-28)32(33,34)35)42-20-29(38-39-42)25-5-3-4-22(13-25)12-23-14-27(15-23)41-10-8-40(2)9-11-41;1-21(2)43-14-13-39-9-11-40(12-10-39)26-6-4-5-24(17-26)28-20-41(38-37-28)29-15-23(19-36-22(29)3)16-30(42)27-18-25(7-8-35-27)31(32,33)34/h3-6,11,16,18-21H,7-10,12-15,17H2,1-2H3;3-7,13,16,18-20,23,27H,8-12,14-15,17H2,1-2H3;4-8,15,17-21H,9-14,16H2,1-3H3. The van der Waals surface area contributed by atoms with E-state index in [1.54, 1.807) is 50.8 Å². The molecule has 0 amide bonds. The highest BCUT2D eigenvalue weighted by Gasteiger charge is 2.39. The minimum absolute atomic E-state index is 0.144. The van der Waals surface area contributed by atoms with Gasteiger partial charge in [-0.15, -0.1) is 15.3 Å². The normalized spacial score (nSPS) is 17.2. The number of rotatable bonds is 24. The lowest BCUT2D eigenvalue weighted by Gasteiger charge is -2.46. The number of hydrogen-bond acceptors (Lipinski definition) is 22. The van der Waals surface area contributed by atoms with Crippen LogP contribution in [0.2, 0.25) is 0 Å². The predicted octanol–water partition coefficient (Wildman–Crippen LogP) is 15.9. The van der Waals surface area contributed by atoms with Gasteiger partial charge in [0.05, 0.1) is 82.1 Å². The van der Waals surface area contributed by atoms with E-state index in [1.165, 1.54) is 82.2 Å². The molecule has 0 bridgehead atoms. The van der Waals surface area contributed by atoms with Gasteiger partial charge in [0.2, 0.25) is 0 Å². The molecule has 9 aromatic heterocycles. The van der Waals surface area contributed by atoms with E-state index in [9.17, 15) is 53.9 Å². The molecule has 3 aromatic carbocycles. The number of aromatic nitrogens is 15. The van der Waals surface area contributed by atoms with Gasteiger partial charge in [0.15, 0.2) is 17.3 Å². The van der Waals surface area contributed by atoms with Crippen molar-refractivity contribution in [1.29, 1.82) is 0 Å². The summed E-state index contributed by atoms with van der Waals surface area (Å²) >= 11 is 0. The minimum Gasteiger partial charge on any atom is -0.377 e. The molecule has 4 aliphatic heterocycles. The number of carbonyl (C=O) groups is 3. The largest absolute Gasteiger partial charge is 0.416 e. The van der Waals surface area contributed by atoms with Gasteiger partial charge in [-0.3, -0.25) is 54.1 Å². The molecule has 1 aliphatic carbocycles. The average molecular weight is 1770 g/mol. The van der Waals surface area contributed by atoms with Crippen molar-refractivity contribution in [3.63, 3.8) is 0 Å². The van der Waals surface area contributed by atoms with Gasteiger partial charge >= 0.3 is 18.5 Å². The lowest BCUT2D eigenvalue weighted by molar-refractivity contribution is -0.138. The lowest BCUT2D eigenvalue weighted by atomic mass is 9.71. The van der Waals surface area contributed by atoms with E-state index in [2.05, 4.69) is 147 Å². The Balaban J connectivity index is 0.000000149. The van der Waals surface area contributed by atoms with Crippen molar-refractivity contribution in [3.8, 4) is 50.8 Å². The summed E-state index contributed by atoms with van der Waals surface area (Å²) in [7, 11) is 4.40. The Bertz CT molecular complexity index is 5910. The zero-order chi connectivity index (χ0) is 90.9. The van der Waals surface area contributed by atoms with Crippen LogP contribution in [-0.2, 0) is 48.9 Å². The Kier molecular flexibility index (Phi) is 28.2. The topological polar surface area (TPSA) is 249 Å². The number of nitrogens with zero attached hydrogens (tertiary/aromatic N) is 21. The number of alkyl halides is 9. The molecule has 0 unspecified atom stereocenters. The van der Waals surface area contributed by atoms with Crippen LogP contribution in [0.25, 0.3) is 50.8 Å². The van der Waals surface area contributed by atoms with Gasteiger partial charge in [-0.1, -0.05) is 58.1 Å². The number of anilines is 2. The Morgan fingerprint density at radius 1 is 0.434 bits per heavy atom. The summed E-state index contributed by atoms with van der Waals surface area (Å²) in [5.74, 6) is -0.900. The number of likely N-dealkylation sites (N-methyl/N-ethyl adjacent to an activating group) is 1. The van der Waals surface area contributed by atoms with Gasteiger partial charge in [0.1, 0.15) is 34.2 Å². The number of ether oxygens (including phenoxy) is 1. The van der Waals surface area contributed by atoms with E-state index in [4.69, 9.17) is 4.74 Å². The van der Waals surface area contributed by atoms with Crippen molar-refractivity contribution >= 4 is 28.7 Å². The summed E-state index contributed by atoms with van der Waals surface area (Å²) in [6.07, 6.45) is 7.75. The van der Waals surface area contributed by atoms with Crippen LogP contribution in [0.5, 0.6) is 0 Å². The summed E-state index contributed by atoms with van der Waals surface area (Å²) in [6, 6.07) is 35.8. The van der Waals surface area contributed by atoms with Crippen LogP contribution in [0, 0.1) is 32.1 Å². The molecule has 674 valence electrons. The molecule has 25 nitrogen and oxygen atoms in total. The predicted molar refractivity (Wildman–Crippen MR) is 469 cm³/mol.